The van der Waals surface area contributed by atoms with Gasteiger partial charge >= 0.3 is 12.1 Å². The lowest BCUT2D eigenvalue weighted by Crippen LogP contribution is -2.40. The van der Waals surface area contributed by atoms with Crippen molar-refractivity contribution in [3.63, 3.8) is 0 Å². The third-order valence-corrected chi connectivity index (χ3v) is 4.93. The average Bonchev–Trinajstić information content (AvgIpc) is 3.20. The number of para-hydroxylation sites is 1. The molecule has 3 rings (SSSR count). The Labute approximate surface area is 193 Å². The van der Waals surface area contributed by atoms with Crippen LogP contribution in [-0.2, 0) is 15.7 Å². The molecule has 0 aliphatic rings. The molecule has 1 amide bonds. The number of carbonyl (C=O) groups excluding carboxylic acids is 2. The summed E-state index contributed by atoms with van der Waals surface area (Å²) in [5, 5.41) is 12.9. The van der Waals surface area contributed by atoms with E-state index in [0.29, 0.717) is 11.9 Å². The van der Waals surface area contributed by atoms with E-state index in [9.17, 15) is 22.8 Å². The molecule has 1 atom stereocenters. The van der Waals surface area contributed by atoms with Crippen LogP contribution in [0.5, 0.6) is 0 Å². The van der Waals surface area contributed by atoms with Crippen LogP contribution in [0.2, 0.25) is 0 Å². The molecule has 0 spiro atoms. The van der Waals surface area contributed by atoms with Gasteiger partial charge in [0.15, 0.2) is 11.9 Å². The van der Waals surface area contributed by atoms with Gasteiger partial charge in [0.25, 0.3) is 5.91 Å². The molecule has 0 aliphatic heterocycles. The van der Waals surface area contributed by atoms with Gasteiger partial charge < -0.3 is 9.64 Å². The summed E-state index contributed by atoms with van der Waals surface area (Å²) in [7, 11) is 0. The molecule has 34 heavy (non-hydrogen) atoms. The monoisotopic (exact) mass is 471 g/mol. The van der Waals surface area contributed by atoms with Crippen LogP contribution >= 0.6 is 0 Å². The second-order valence-corrected chi connectivity index (χ2v) is 7.24. The number of alkyl halides is 3. The Hall–Kier alpha value is -4.20. The predicted molar refractivity (Wildman–Crippen MR) is 115 cm³/mol. The van der Waals surface area contributed by atoms with Crippen molar-refractivity contribution < 1.29 is 27.5 Å². The maximum Gasteiger partial charge on any atom is 0.417 e. The fraction of sp³-hybridized carbons (Fsp3) is 0.261. The van der Waals surface area contributed by atoms with Crippen molar-refractivity contribution in [1.29, 1.82) is 5.26 Å². The minimum Gasteiger partial charge on any atom is -0.449 e. The number of carbonyl (C=O) groups is 2. The van der Waals surface area contributed by atoms with Crippen molar-refractivity contribution in [3.05, 3.63) is 71.7 Å². The number of hydrogen-bond donors (Lipinski definition) is 0. The number of benzene rings is 1. The number of nitrogens with zero attached hydrogens (tertiary/aromatic N) is 5. The van der Waals surface area contributed by atoms with E-state index in [0.717, 1.165) is 12.1 Å². The van der Waals surface area contributed by atoms with Crippen molar-refractivity contribution in [3.8, 4) is 11.9 Å². The van der Waals surface area contributed by atoms with Gasteiger partial charge in [-0.05, 0) is 38.1 Å². The number of esters is 1. The number of amides is 1. The van der Waals surface area contributed by atoms with Crippen LogP contribution in [0, 0.1) is 18.3 Å². The van der Waals surface area contributed by atoms with E-state index in [4.69, 9.17) is 10.00 Å². The summed E-state index contributed by atoms with van der Waals surface area (Å²) in [5.74, 6) is -1.26. The molecule has 3 aromatic rings. The third kappa shape index (κ3) is 5.40. The summed E-state index contributed by atoms with van der Waals surface area (Å²) in [6.45, 7) is 3.07. The first kappa shape index (κ1) is 24.4. The molecule has 8 nitrogen and oxygen atoms in total. The molecule has 2 aromatic heterocycles. The lowest BCUT2D eigenvalue weighted by molar-refractivity contribution is -0.137. The molecule has 0 N–H and O–H groups in total. The molecule has 1 unspecified atom stereocenters. The summed E-state index contributed by atoms with van der Waals surface area (Å²) in [6, 6.07) is 12.7. The van der Waals surface area contributed by atoms with Gasteiger partial charge in [-0.15, -0.1) is 0 Å². The highest BCUT2D eigenvalue weighted by molar-refractivity contribution is 5.99. The zero-order chi connectivity index (χ0) is 24.9. The van der Waals surface area contributed by atoms with Gasteiger partial charge in [-0.2, -0.15) is 23.5 Å². The van der Waals surface area contributed by atoms with Crippen molar-refractivity contribution in [2.75, 3.05) is 11.4 Å². The molecule has 0 fully saturated rings. The van der Waals surface area contributed by atoms with E-state index in [1.54, 1.807) is 30.3 Å². The number of ether oxygens (including phenoxy) is 1. The number of aromatic nitrogens is 3. The smallest absolute Gasteiger partial charge is 0.417 e. The van der Waals surface area contributed by atoms with Crippen LogP contribution in [-0.4, -0.2) is 39.3 Å². The summed E-state index contributed by atoms with van der Waals surface area (Å²) < 4.78 is 44.8. The minimum atomic E-state index is -4.52. The first-order valence-electron chi connectivity index (χ1n) is 10.2. The quantitative estimate of drug-likeness (QED) is 0.481. The normalized spacial score (nSPS) is 12.0. The standard InChI is InChI=1S/C23H20F3N5O3/c1-15-19(14-29-31(15)20-10-9-17(13-28-20)23(24,25)26)22(33)34-16(2)21(32)30(12-6-11-27)18-7-4-3-5-8-18/h3-5,7-10,13-14,16H,6,12H2,1-2H3. The van der Waals surface area contributed by atoms with E-state index in [1.807, 2.05) is 6.07 Å². The van der Waals surface area contributed by atoms with Gasteiger partial charge in [0.2, 0.25) is 0 Å². The number of pyridine rings is 1. The fourth-order valence-corrected chi connectivity index (χ4v) is 3.15. The van der Waals surface area contributed by atoms with Crippen molar-refractivity contribution in [2.45, 2.75) is 32.5 Å². The van der Waals surface area contributed by atoms with Gasteiger partial charge in [0.1, 0.15) is 5.56 Å². The number of nitriles is 1. The molecule has 1 aromatic carbocycles. The fourth-order valence-electron chi connectivity index (χ4n) is 3.15. The molecule has 2 heterocycles. The Balaban J connectivity index is 1.76. The van der Waals surface area contributed by atoms with E-state index >= 15 is 0 Å². The number of rotatable bonds is 7. The van der Waals surface area contributed by atoms with E-state index in [-0.39, 0.29) is 30.0 Å². The van der Waals surface area contributed by atoms with Crippen LogP contribution in [0.15, 0.2) is 54.9 Å². The summed E-state index contributed by atoms with van der Waals surface area (Å²) in [4.78, 5) is 30.8. The number of halogens is 3. The molecule has 0 bridgehead atoms. The van der Waals surface area contributed by atoms with E-state index in [1.165, 1.54) is 29.6 Å². The van der Waals surface area contributed by atoms with Crippen molar-refractivity contribution >= 4 is 17.6 Å². The summed E-state index contributed by atoms with van der Waals surface area (Å²) in [5.41, 5.74) is -0.0404. The van der Waals surface area contributed by atoms with Gasteiger partial charge in [-0.1, -0.05) is 18.2 Å². The third-order valence-electron chi connectivity index (χ3n) is 4.93. The average molecular weight is 471 g/mol. The summed E-state index contributed by atoms with van der Waals surface area (Å²) in [6.07, 6.45) is -3.73. The maximum absolute atomic E-state index is 13.0. The lowest BCUT2D eigenvalue weighted by Gasteiger charge is -2.25. The highest BCUT2D eigenvalue weighted by Crippen LogP contribution is 2.29. The van der Waals surface area contributed by atoms with Crippen LogP contribution < -0.4 is 4.90 Å². The Morgan fingerprint density at radius 2 is 1.88 bits per heavy atom. The van der Waals surface area contributed by atoms with Crippen LogP contribution in [0.25, 0.3) is 5.82 Å². The minimum absolute atomic E-state index is 0.0321. The highest BCUT2D eigenvalue weighted by atomic mass is 19.4. The van der Waals surface area contributed by atoms with E-state index < -0.39 is 29.7 Å². The van der Waals surface area contributed by atoms with Gasteiger partial charge in [-0.3, -0.25) is 4.79 Å². The van der Waals surface area contributed by atoms with Gasteiger partial charge in [-0.25, -0.2) is 14.5 Å². The van der Waals surface area contributed by atoms with Crippen molar-refractivity contribution in [1.82, 2.24) is 14.8 Å². The van der Waals surface area contributed by atoms with Crippen LogP contribution in [0.4, 0.5) is 18.9 Å². The molecule has 0 saturated heterocycles. The Kier molecular flexibility index (Phi) is 7.31. The molecule has 176 valence electrons. The zero-order valence-corrected chi connectivity index (χ0v) is 18.3. The molecule has 0 aliphatic carbocycles. The first-order valence-corrected chi connectivity index (χ1v) is 10.2. The molecule has 0 saturated carbocycles. The van der Waals surface area contributed by atoms with Crippen LogP contribution in [0.3, 0.4) is 0 Å². The molecule has 11 heteroatoms. The lowest BCUT2D eigenvalue weighted by atomic mass is 10.2. The second-order valence-electron chi connectivity index (χ2n) is 7.24. The Morgan fingerprint density at radius 1 is 1.18 bits per heavy atom. The predicted octanol–water partition coefficient (Wildman–Crippen LogP) is 4.09. The van der Waals surface area contributed by atoms with E-state index in [2.05, 4.69) is 10.1 Å². The van der Waals surface area contributed by atoms with Gasteiger partial charge in [0.05, 0.1) is 29.9 Å². The zero-order valence-electron chi connectivity index (χ0n) is 18.3. The SMILES string of the molecule is Cc1c(C(=O)OC(C)C(=O)N(CCC#N)c2ccccc2)cnn1-c1ccc(C(F)(F)F)cn1. The molecular weight excluding hydrogens is 451 g/mol. The van der Waals surface area contributed by atoms with Crippen LogP contribution in [0.1, 0.15) is 35.0 Å². The Bertz CT molecular complexity index is 1200. The van der Waals surface area contributed by atoms with Gasteiger partial charge in [0, 0.05) is 18.4 Å². The Morgan fingerprint density at radius 3 is 2.47 bits per heavy atom. The second kappa shape index (κ2) is 10.2. The first-order chi connectivity index (χ1) is 16.1. The summed E-state index contributed by atoms with van der Waals surface area (Å²) >= 11 is 0. The highest BCUT2D eigenvalue weighted by Gasteiger charge is 2.31. The molecule has 0 radical (unpaired) electrons. The number of hydrogen-bond acceptors (Lipinski definition) is 6. The topological polar surface area (TPSA) is 101 Å². The number of anilines is 1. The van der Waals surface area contributed by atoms with Crippen molar-refractivity contribution in [2.24, 2.45) is 0 Å². The molecular formula is C23H20F3N5O3. The largest absolute Gasteiger partial charge is 0.449 e. The maximum atomic E-state index is 13.0.